The lowest BCUT2D eigenvalue weighted by molar-refractivity contribution is -0.133. The SMILES string of the molecule is O=C(O)c1ccc(-c2cc(Cl)c(C[C@@H]3CCN(C4CCCc5nn(S(=O)(=O)C(F)(F)F)cc54)C3=O)c(Cl)c2)cc1. The van der Waals surface area contributed by atoms with Crippen LogP contribution in [0.15, 0.2) is 42.6 Å². The topological polar surface area (TPSA) is 110 Å². The molecule has 14 heteroatoms. The molecule has 8 nitrogen and oxygen atoms in total. The van der Waals surface area contributed by atoms with Crippen LogP contribution in [-0.4, -0.2) is 51.5 Å². The summed E-state index contributed by atoms with van der Waals surface area (Å²) in [6.07, 6.45) is 2.91. The van der Waals surface area contributed by atoms with Gasteiger partial charge in [-0.25, -0.2) is 4.79 Å². The first-order valence-electron chi connectivity index (χ1n) is 12.3. The van der Waals surface area contributed by atoms with E-state index in [1.165, 1.54) is 12.1 Å². The van der Waals surface area contributed by atoms with Crippen LogP contribution in [0.25, 0.3) is 11.1 Å². The van der Waals surface area contributed by atoms with Gasteiger partial charge in [0.05, 0.1) is 17.3 Å². The first-order valence-corrected chi connectivity index (χ1v) is 14.5. The summed E-state index contributed by atoms with van der Waals surface area (Å²) in [4.78, 5) is 26.1. The monoisotopic (exact) mass is 615 g/mol. The predicted molar refractivity (Wildman–Crippen MR) is 141 cm³/mol. The highest BCUT2D eigenvalue weighted by Crippen LogP contribution is 2.41. The zero-order chi connectivity index (χ0) is 29.0. The largest absolute Gasteiger partial charge is 0.518 e. The van der Waals surface area contributed by atoms with E-state index in [0.29, 0.717) is 64.5 Å². The minimum absolute atomic E-state index is 0.0374. The number of amides is 1. The number of likely N-dealkylation sites (tertiary alicyclic amines) is 1. The molecule has 2 aromatic carbocycles. The van der Waals surface area contributed by atoms with Crippen LogP contribution in [0.1, 0.15) is 52.5 Å². The van der Waals surface area contributed by atoms with Crippen LogP contribution in [0.5, 0.6) is 0 Å². The normalized spacial score (nSPS) is 19.6. The maximum Gasteiger partial charge on any atom is 0.518 e. The summed E-state index contributed by atoms with van der Waals surface area (Å²) in [6, 6.07) is 9.03. The number of carbonyl (C=O) groups excluding carboxylic acids is 1. The molecule has 0 spiro atoms. The Morgan fingerprint density at radius 1 is 1.07 bits per heavy atom. The van der Waals surface area contributed by atoms with E-state index in [1.807, 2.05) is 0 Å². The van der Waals surface area contributed by atoms with E-state index < -0.39 is 33.5 Å². The molecule has 1 saturated heterocycles. The Morgan fingerprint density at radius 2 is 1.73 bits per heavy atom. The number of hydrogen-bond donors (Lipinski definition) is 1. The van der Waals surface area contributed by atoms with E-state index in [0.717, 1.165) is 6.20 Å². The molecule has 1 N–H and O–H groups in total. The molecule has 1 aromatic heterocycles. The third-order valence-electron chi connectivity index (χ3n) is 7.37. The van der Waals surface area contributed by atoms with Crippen LogP contribution in [0, 0.1) is 5.92 Å². The molecule has 5 rings (SSSR count). The number of carboxylic acid groups (broad SMARTS) is 1. The van der Waals surface area contributed by atoms with Crippen LogP contribution in [-0.2, 0) is 27.7 Å². The quantitative estimate of drug-likeness (QED) is 0.380. The number of carbonyl (C=O) groups is 2. The van der Waals surface area contributed by atoms with Gasteiger partial charge < -0.3 is 10.0 Å². The molecule has 0 saturated carbocycles. The lowest BCUT2D eigenvalue weighted by atomic mass is 9.91. The highest BCUT2D eigenvalue weighted by molar-refractivity contribution is 7.90. The van der Waals surface area contributed by atoms with Crippen molar-refractivity contribution in [3.8, 4) is 11.1 Å². The van der Waals surface area contributed by atoms with Gasteiger partial charge in [0.1, 0.15) is 0 Å². The minimum atomic E-state index is -5.67. The van der Waals surface area contributed by atoms with Gasteiger partial charge in [0.25, 0.3) is 0 Å². The van der Waals surface area contributed by atoms with Crippen molar-refractivity contribution in [3.05, 3.63) is 75.0 Å². The first kappa shape index (κ1) is 28.4. The van der Waals surface area contributed by atoms with E-state index in [9.17, 15) is 31.2 Å². The molecule has 2 atom stereocenters. The second-order valence-corrected chi connectivity index (χ2v) is 12.4. The highest BCUT2D eigenvalue weighted by atomic mass is 35.5. The van der Waals surface area contributed by atoms with Crippen molar-refractivity contribution in [1.82, 2.24) is 14.1 Å². The molecule has 0 radical (unpaired) electrons. The van der Waals surface area contributed by atoms with Gasteiger partial charge in [0.15, 0.2) is 0 Å². The summed E-state index contributed by atoms with van der Waals surface area (Å²) < 4.78 is 63.0. The third kappa shape index (κ3) is 5.08. The Bertz CT molecular complexity index is 1580. The summed E-state index contributed by atoms with van der Waals surface area (Å²) in [5, 5.41) is 13.5. The summed E-state index contributed by atoms with van der Waals surface area (Å²) in [7, 11) is -5.67. The predicted octanol–water partition coefficient (Wildman–Crippen LogP) is 5.72. The van der Waals surface area contributed by atoms with E-state index in [2.05, 4.69) is 5.10 Å². The van der Waals surface area contributed by atoms with Gasteiger partial charge in [-0.3, -0.25) is 4.79 Å². The van der Waals surface area contributed by atoms with Gasteiger partial charge in [0.2, 0.25) is 5.91 Å². The van der Waals surface area contributed by atoms with Gasteiger partial charge in [0, 0.05) is 34.3 Å². The number of halogens is 5. The zero-order valence-corrected chi connectivity index (χ0v) is 23.0. The molecule has 1 fully saturated rings. The summed E-state index contributed by atoms with van der Waals surface area (Å²) >= 11 is 13.1. The second kappa shape index (κ2) is 10.4. The molecule has 1 aliphatic heterocycles. The second-order valence-electron chi connectivity index (χ2n) is 9.78. The minimum Gasteiger partial charge on any atom is -0.478 e. The Labute approximate surface area is 237 Å². The highest BCUT2D eigenvalue weighted by Gasteiger charge is 2.49. The van der Waals surface area contributed by atoms with E-state index >= 15 is 0 Å². The number of aryl methyl sites for hydroxylation is 1. The van der Waals surface area contributed by atoms with Gasteiger partial charge in [-0.05, 0) is 73.1 Å². The average Bonchev–Trinajstić information content (AvgIpc) is 3.49. The lowest BCUT2D eigenvalue weighted by Gasteiger charge is -2.31. The maximum absolute atomic E-state index is 13.4. The van der Waals surface area contributed by atoms with Crippen molar-refractivity contribution in [2.24, 2.45) is 5.92 Å². The Morgan fingerprint density at radius 3 is 2.33 bits per heavy atom. The molecule has 0 bridgehead atoms. The Hall–Kier alpha value is -3.09. The van der Waals surface area contributed by atoms with Gasteiger partial charge >= 0.3 is 21.5 Å². The number of alkyl halides is 3. The van der Waals surface area contributed by atoms with Crippen molar-refractivity contribution in [2.45, 2.75) is 43.7 Å². The molecule has 40 heavy (non-hydrogen) atoms. The van der Waals surface area contributed by atoms with Crippen LogP contribution in [0.2, 0.25) is 10.0 Å². The summed E-state index contributed by atoms with van der Waals surface area (Å²) in [6.45, 7) is 0.341. The number of fused-ring (bicyclic) bond motifs is 1. The van der Waals surface area contributed by atoms with Gasteiger partial charge in [-0.1, -0.05) is 35.3 Å². The number of nitrogens with zero attached hydrogens (tertiary/aromatic N) is 3. The fourth-order valence-electron chi connectivity index (χ4n) is 5.32. The molecule has 1 aliphatic carbocycles. The van der Waals surface area contributed by atoms with E-state index in [-0.39, 0.29) is 27.7 Å². The number of aromatic nitrogens is 2. The summed E-state index contributed by atoms with van der Waals surface area (Å²) in [5.74, 6) is -1.74. The van der Waals surface area contributed by atoms with Crippen LogP contribution in [0.3, 0.4) is 0 Å². The van der Waals surface area contributed by atoms with Crippen molar-refractivity contribution in [1.29, 1.82) is 0 Å². The van der Waals surface area contributed by atoms with Gasteiger partial charge in [-0.2, -0.15) is 30.8 Å². The first-order chi connectivity index (χ1) is 18.8. The third-order valence-corrected chi connectivity index (χ3v) is 9.31. The number of rotatable bonds is 6. The van der Waals surface area contributed by atoms with Crippen molar-refractivity contribution in [3.63, 3.8) is 0 Å². The van der Waals surface area contributed by atoms with Gasteiger partial charge in [-0.15, -0.1) is 0 Å². The number of benzene rings is 2. The number of aromatic carboxylic acids is 1. The van der Waals surface area contributed by atoms with E-state index in [1.54, 1.807) is 29.2 Å². The standard InChI is InChI=1S/C26H22Cl2F3N3O5S/c27-20-11-17(14-4-6-15(7-5-14)25(36)37)12-21(28)18(20)10-16-8-9-33(24(16)35)23-3-1-2-22-19(23)13-34(32-22)40(38,39)26(29,30)31/h4-7,11-13,16,23H,1-3,8-10H2,(H,36,37)/t16-,23?/m0/s1. The molecule has 212 valence electrons. The number of carboxylic acids is 1. The van der Waals surface area contributed by atoms with Crippen molar-refractivity contribution in [2.75, 3.05) is 6.54 Å². The van der Waals surface area contributed by atoms with Crippen LogP contribution < -0.4 is 0 Å². The smallest absolute Gasteiger partial charge is 0.478 e. The molecule has 1 amide bonds. The maximum atomic E-state index is 13.4. The zero-order valence-electron chi connectivity index (χ0n) is 20.7. The van der Waals surface area contributed by atoms with Crippen molar-refractivity contribution < 1.29 is 36.3 Å². The van der Waals surface area contributed by atoms with E-state index in [4.69, 9.17) is 28.3 Å². The van der Waals surface area contributed by atoms with Crippen LogP contribution >= 0.6 is 23.2 Å². The molecule has 1 unspecified atom stereocenters. The summed E-state index contributed by atoms with van der Waals surface area (Å²) in [5.41, 5.74) is -2.85. The molecular weight excluding hydrogens is 594 g/mol. The van der Waals surface area contributed by atoms with Crippen molar-refractivity contribution >= 4 is 45.1 Å². The van der Waals surface area contributed by atoms with Crippen LogP contribution in [0.4, 0.5) is 13.2 Å². The number of hydrogen-bond acceptors (Lipinski definition) is 5. The fraction of sp³-hybridized carbons (Fsp3) is 0.346. The molecular formula is C26H22Cl2F3N3O5S. The molecule has 2 heterocycles. The molecule has 3 aromatic rings. The fourth-order valence-corrected chi connectivity index (χ4v) is 6.63. The average molecular weight is 616 g/mol. The molecule has 2 aliphatic rings. The lowest BCUT2D eigenvalue weighted by Crippen LogP contribution is -2.34. The Kier molecular flexibility index (Phi) is 7.38. The Balaban J connectivity index is 1.35.